The van der Waals surface area contributed by atoms with Crippen LogP contribution in [-0.4, -0.2) is 48.6 Å². The molecule has 3 heterocycles. The third-order valence-corrected chi connectivity index (χ3v) is 4.71. The van der Waals surface area contributed by atoms with Crippen LogP contribution < -0.4 is 4.90 Å². The van der Waals surface area contributed by atoms with E-state index in [1.165, 1.54) is 0 Å². The van der Waals surface area contributed by atoms with E-state index in [2.05, 4.69) is 9.88 Å². The lowest BCUT2D eigenvalue weighted by Crippen LogP contribution is -2.49. The van der Waals surface area contributed by atoms with E-state index in [4.69, 9.17) is 27.9 Å². The molecule has 1 fully saturated rings. The van der Waals surface area contributed by atoms with E-state index >= 15 is 0 Å². The molecule has 1 aromatic heterocycles. The highest BCUT2D eigenvalue weighted by molar-refractivity contribution is 6.36. The third kappa shape index (κ3) is 3.56. The summed E-state index contributed by atoms with van der Waals surface area (Å²) < 4.78 is 5.50. The lowest BCUT2D eigenvalue weighted by molar-refractivity contribution is -0.128. The van der Waals surface area contributed by atoms with Gasteiger partial charge in [-0.25, -0.2) is 4.98 Å². The molecule has 0 spiro atoms. The van der Waals surface area contributed by atoms with Crippen molar-refractivity contribution in [3.63, 3.8) is 0 Å². The maximum atomic E-state index is 12.6. The number of carbonyl (C=O) groups is 1. The fraction of sp³-hybridized carbons (Fsp3) is 0.500. The lowest BCUT2D eigenvalue weighted by Gasteiger charge is -2.36. The van der Waals surface area contributed by atoms with Crippen molar-refractivity contribution < 1.29 is 9.53 Å². The zero-order valence-electron chi connectivity index (χ0n) is 13.0. The Balaban J connectivity index is 1.65. The third-order valence-electron chi connectivity index (χ3n) is 4.23. The van der Waals surface area contributed by atoms with Crippen LogP contribution in [0.1, 0.15) is 19.8 Å². The van der Waals surface area contributed by atoms with Crippen LogP contribution in [0.25, 0.3) is 0 Å². The monoisotopic (exact) mass is 355 g/mol. The Morgan fingerprint density at radius 3 is 2.65 bits per heavy atom. The fourth-order valence-corrected chi connectivity index (χ4v) is 3.45. The predicted octanol–water partition coefficient (Wildman–Crippen LogP) is 3.12. The number of anilines is 1. The summed E-state index contributed by atoms with van der Waals surface area (Å²) in [4.78, 5) is 20.9. The second kappa shape index (κ2) is 6.97. The largest absolute Gasteiger partial charge is 0.498 e. The van der Waals surface area contributed by atoms with Gasteiger partial charge >= 0.3 is 0 Å². The molecule has 0 radical (unpaired) electrons. The summed E-state index contributed by atoms with van der Waals surface area (Å²) in [7, 11) is 0. The van der Waals surface area contributed by atoms with E-state index in [9.17, 15) is 4.79 Å². The summed E-state index contributed by atoms with van der Waals surface area (Å²) in [5.74, 6) is 1.59. The number of halogens is 2. The van der Waals surface area contributed by atoms with Crippen LogP contribution >= 0.6 is 23.2 Å². The van der Waals surface area contributed by atoms with Gasteiger partial charge in [0.1, 0.15) is 11.6 Å². The minimum atomic E-state index is 0.0945. The van der Waals surface area contributed by atoms with Gasteiger partial charge in [0.2, 0.25) is 0 Å². The Morgan fingerprint density at radius 2 is 2.00 bits per heavy atom. The number of piperazine rings is 1. The average Bonchev–Trinajstić information content (AvgIpc) is 2.55. The van der Waals surface area contributed by atoms with E-state index in [0.29, 0.717) is 42.8 Å². The zero-order chi connectivity index (χ0) is 16.4. The molecule has 0 atom stereocenters. The first-order valence-corrected chi connectivity index (χ1v) is 8.49. The molecule has 0 unspecified atom stereocenters. The summed E-state index contributed by atoms with van der Waals surface area (Å²) in [6.07, 6.45) is 3.30. The van der Waals surface area contributed by atoms with Crippen molar-refractivity contribution in [3.05, 3.63) is 33.6 Å². The van der Waals surface area contributed by atoms with Gasteiger partial charge in [0, 0.05) is 32.4 Å². The van der Waals surface area contributed by atoms with Gasteiger partial charge in [-0.2, -0.15) is 0 Å². The standard InChI is InChI=1S/C16H19Cl2N3O2/c1-11-13(3-2-8-23-11)16(22)21-6-4-20(5-7-21)15-14(18)9-12(17)10-19-15/h9-10H,2-8H2,1H3. The number of pyridine rings is 1. The SMILES string of the molecule is CC1=C(C(=O)N2CCN(c3ncc(Cl)cc3Cl)CC2)CCCO1. The minimum absolute atomic E-state index is 0.0945. The molecule has 2 aliphatic rings. The van der Waals surface area contributed by atoms with Crippen molar-refractivity contribution in [2.75, 3.05) is 37.7 Å². The predicted molar refractivity (Wildman–Crippen MR) is 90.9 cm³/mol. The molecule has 7 heteroatoms. The van der Waals surface area contributed by atoms with Crippen molar-refractivity contribution in [1.29, 1.82) is 0 Å². The van der Waals surface area contributed by atoms with Crippen LogP contribution in [-0.2, 0) is 9.53 Å². The molecule has 3 rings (SSSR count). The molecule has 124 valence electrons. The van der Waals surface area contributed by atoms with Crippen LogP contribution in [0.3, 0.4) is 0 Å². The number of amides is 1. The molecule has 0 aromatic carbocycles. The van der Waals surface area contributed by atoms with Crippen molar-refractivity contribution in [2.45, 2.75) is 19.8 Å². The molecular formula is C16H19Cl2N3O2. The van der Waals surface area contributed by atoms with Crippen LogP contribution in [0.4, 0.5) is 5.82 Å². The smallest absolute Gasteiger partial charge is 0.253 e. The van der Waals surface area contributed by atoms with E-state index in [0.717, 1.165) is 30.0 Å². The second-order valence-corrected chi connectivity index (χ2v) is 6.57. The van der Waals surface area contributed by atoms with Crippen LogP contribution in [0, 0.1) is 0 Å². The van der Waals surface area contributed by atoms with Crippen molar-refractivity contribution in [1.82, 2.24) is 9.88 Å². The first-order chi connectivity index (χ1) is 11.1. The quantitative estimate of drug-likeness (QED) is 0.817. The molecular weight excluding hydrogens is 337 g/mol. The highest BCUT2D eigenvalue weighted by atomic mass is 35.5. The Bertz CT molecular complexity index is 640. The first-order valence-electron chi connectivity index (χ1n) is 7.74. The van der Waals surface area contributed by atoms with Crippen LogP contribution in [0.2, 0.25) is 10.0 Å². The first kappa shape index (κ1) is 16.4. The van der Waals surface area contributed by atoms with Gasteiger partial charge in [-0.1, -0.05) is 23.2 Å². The Hall–Kier alpha value is -1.46. The summed E-state index contributed by atoms with van der Waals surface area (Å²) in [5, 5.41) is 1.06. The summed E-state index contributed by atoms with van der Waals surface area (Å²) in [6, 6.07) is 1.69. The molecule has 1 saturated heterocycles. The van der Waals surface area contributed by atoms with Crippen molar-refractivity contribution in [2.24, 2.45) is 0 Å². The normalized spacial score (nSPS) is 18.9. The Labute approximate surface area is 145 Å². The number of rotatable bonds is 2. The zero-order valence-corrected chi connectivity index (χ0v) is 14.5. The van der Waals surface area contributed by atoms with E-state index in [-0.39, 0.29) is 5.91 Å². The fourth-order valence-electron chi connectivity index (χ4n) is 2.95. The number of hydrogen-bond acceptors (Lipinski definition) is 4. The molecule has 0 N–H and O–H groups in total. The van der Waals surface area contributed by atoms with Crippen molar-refractivity contribution in [3.8, 4) is 0 Å². The molecule has 0 aliphatic carbocycles. The van der Waals surface area contributed by atoms with Gasteiger partial charge in [-0.15, -0.1) is 0 Å². The van der Waals surface area contributed by atoms with Gasteiger partial charge in [-0.05, 0) is 25.8 Å². The number of allylic oxidation sites excluding steroid dienone is 1. The summed E-state index contributed by atoms with van der Waals surface area (Å²) in [6.45, 7) is 5.28. The molecule has 1 amide bonds. The van der Waals surface area contributed by atoms with Crippen LogP contribution in [0.15, 0.2) is 23.6 Å². The van der Waals surface area contributed by atoms with Gasteiger partial charge in [0.05, 0.1) is 22.2 Å². The highest BCUT2D eigenvalue weighted by Gasteiger charge is 2.27. The average molecular weight is 356 g/mol. The van der Waals surface area contributed by atoms with Gasteiger partial charge in [-0.3, -0.25) is 4.79 Å². The Morgan fingerprint density at radius 1 is 1.26 bits per heavy atom. The minimum Gasteiger partial charge on any atom is -0.498 e. The molecule has 1 aromatic rings. The molecule has 5 nitrogen and oxygen atoms in total. The molecule has 0 bridgehead atoms. The van der Waals surface area contributed by atoms with Gasteiger partial charge < -0.3 is 14.5 Å². The summed E-state index contributed by atoms with van der Waals surface area (Å²) in [5.41, 5.74) is 0.812. The molecule has 0 saturated carbocycles. The topological polar surface area (TPSA) is 45.7 Å². The van der Waals surface area contributed by atoms with Gasteiger partial charge in [0.15, 0.2) is 0 Å². The lowest BCUT2D eigenvalue weighted by atomic mass is 10.1. The van der Waals surface area contributed by atoms with E-state index in [1.807, 2.05) is 11.8 Å². The number of nitrogens with zero attached hydrogens (tertiary/aromatic N) is 3. The Kier molecular flexibility index (Phi) is 4.97. The number of hydrogen-bond donors (Lipinski definition) is 0. The second-order valence-electron chi connectivity index (χ2n) is 5.72. The number of carbonyl (C=O) groups excluding carboxylic acids is 1. The molecule has 23 heavy (non-hydrogen) atoms. The highest BCUT2D eigenvalue weighted by Crippen LogP contribution is 2.27. The summed E-state index contributed by atoms with van der Waals surface area (Å²) >= 11 is 12.1. The maximum absolute atomic E-state index is 12.6. The van der Waals surface area contributed by atoms with Crippen molar-refractivity contribution >= 4 is 34.9 Å². The van der Waals surface area contributed by atoms with E-state index < -0.39 is 0 Å². The number of aromatic nitrogens is 1. The van der Waals surface area contributed by atoms with E-state index in [1.54, 1.807) is 12.3 Å². The maximum Gasteiger partial charge on any atom is 0.253 e. The molecule has 2 aliphatic heterocycles. The number of ether oxygens (including phenoxy) is 1. The van der Waals surface area contributed by atoms with Crippen LogP contribution in [0.5, 0.6) is 0 Å². The van der Waals surface area contributed by atoms with Gasteiger partial charge in [0.25, 0.3) is 5.91 Å².